The number of nitrogens with zero attached hydrogens (tertiary/aromatic N) is 4. The molecule has 0 saturated carbocycles. The molecule has 1 atom stereocenters. The number of amidine groups is 1. The van der Waals surface area contributed by atoms with Crippen LogP contribution < -0.4 is 0 Å². The Labute approximate surface area is 113 Å². The lowest BCUT2D eigenvalue weighted by Gasteiger charge is -2.13. The van der Waals surface area contributed by atoms with E-state index in [9.17, 15) is 0 Å². The van der Waals surface area contributed by atoms with E-state index in [0.29, 0.717) is 0 Å². The average Bonchev–Trinajstić information content (AvgIpc) is 2.86. The molecule has 0 fully saturated rings. The Morgan fingerprint density at radius 1 is 1.06 bits per heavy atom. The lowest BCUT2D eigenvalue weighted by molar-refractivity contribution is 0.627. The second-order valence-corrected chi connectivity index (χ2v) is 5.60. The van der Waals surface area contributed by atoms with E-state index in [1.807, 2.05) is 0 Å². The highest BCUT2D eigenvalue weighted by Gasteiger charge is 2.25. The highest BCUT2D eigenvalue weighted by atomic mass is 32.2. The van der Waals surface area contributed by atoms with Crippen molar-refractivity contribution in [1.82, 2.24) is 0 Å². The fourth-order valence-corrected chi connectivity index (χ4v) is 2.97. The molecule has 4 nitrogen and oxygen atoms in total. The molecule has 1 unspecified atom stereocenters. The van der Waals surface area contributed by atoms with Crippen molar-refractivity contribution in [2.24, 2.45) is 20.0 Å². The van der Waals surface area contributed by atoms with Crippen molar-refractivity contribution in [2.75, 3.05) is 5.75 Å². The predicted molar refractivity (Wildman–Crippen MR) is 81.5 cm³/mol. The molecule has 2 heterocycles. The zero-order chi connectivity index (χ0) is 12.6. The maximum Gasteiger partial charge on any atom is 0.163 e. The summed E-state index contributed by atoms with van der Waals surface area (Å²) in [6, 6.07) is -0.0138. The summed E-state index contributed by atoms with van der Waals surface area (Å²) in [6.45, 7) is 2.25. The Balaban J connectivity index is 1.62. The van der Waals surface area contributed by atoms with Crippen LogP contribution in [0.15, 0.2) is 20.0 Å². The zero-order valence-corrected chi connectivity index (χ0v) is 11.7. The van der Waals surface area contributed by atoms with Crippen LogP contribution in [0, 0.1) is 0 Å². The van der Waals surface area contributed by atoms with Gasteiger partial charge in [-0.1, -0.05) is 39.0 Å². The van der Waals surface area contributed by atoms with Crippen LogP contribution in [0.2, 0.25) is 0 Å². The van der Waals surface area contributed by atoms with E-state index in [-0.39, 0.29) is 6.04 Å². The van der Waals surface area contributed by atoms with Crippen molar-refractivity contribution in [3.63, 3.8) is 0 Å². The van der Waals surface area contributed by atoms with Gasteiger partial charge in [0.25, 0.3) is 0 Å². The normalized spacial score (nSPS) is 20.8. The monoisotopic (exact) mass is 264 g/mol. The molecule has 5 heteroatoms. The first-order chi connectivity index (χ1) is 8.92. The largest absolute Gasteiger partial charge is 0.255 e. The lowest BCUT2D eigenvalue weighted by atomic mass is 10.1. The number of aliphatic imine (C=N–C) groups is 4. The number of hydrogen-bond acceptors (Lipinski definition) is 5. The third kappa shape index (κ3) is 3.77. The van der Waals surface area contributed by atoms with Crippen LogP contribution in [0.4, 0.5) is 0 Å². The average molecular weight is 264 g/mol. The standard InChI is InChI=1S/C13H20N4S/c1-2-3-4-5-6-7-8-18-13-11-12(15-9-14-11)16-10-17-13/h9-11H,2-8H2,1H3. The van der Waals surface area contributed by atoms with Gasteiger partial charge in [0.05, 0.1) is 0 Å². The molecule has 18 heavy (non-hydrogen) atoms. The van der Waals surface area contributed by atoms with E-state index in [2.05, 4.69) is 26.9 Å². The third-order valence-corrected chi connectivity index (χ3v) is 4.12. The molecular formula is C13H20N4S. The van der Waals surface area contributed by atoms with E-state index in [4.69, 9.17) is 0 Å². The van der Waals surface area contributed by atoms with E-state index < -0.39 is 0 Å². The van der Waals surface area contributed by atoms with Crippen molar-refractivity contribution < 1.29 is 0 Å². The van der Waals surface area contributed by atoms with Crippen LogP contribution >= 0.6 is 11.8 Å². The summed E-state index contributed by atoms with van der Waals surface area (Å²) in [5.41, 5.74) is 0. The molecule has 0 radical (unpaired) electrons. The summed E-state index contributed by atoms with van der Waals surface area (Å²) in [5, 5.41) is 1.05. The van der Waals surface area contributed by atoms with Gasteiger partial charge in [-0.2, -0.15) is 0 Å². The van der Waals surface area contributed by atoms with Gasteiger partial charge in [-0.3, -0.25) is 4.99 Å². The molecule has 98 valence electrons. The molecule has 0 spiro atoms. The predicted octanol–water partition coefficient (Wildman–Crippen LogP) is 3.33. The Hall–Kier alpha value is -0.970. The van der Waals surface area contributed by atoms with Crippen molar-refractivity contribution in [3.05, 3.63) is 0 Å². The molecule has 0 aromatic rings. The van der Waals surface area contributed by atoms with Gasteiger partial charge >= 0.3 is 0 Å². The molecule has 0 aromatic heterocycles. The first-order valence-electron chi connectivity index (χ1n) is 6.74. The minimum absolute atomic E-state index is 0.0138. The number of thioether (sulfide) groups is 1. The minimum atomic E-state index is -0.0138. The van der Waals surface area contributed by atoms with E-state index in [0.717, 1.165) is 16.6 Å². The molecular weight excluding hydrogens is 244 g/mol. The maximum atomic E-state index is 4.31. The first-order valence-corrected chi connectivity index (χ1v) is 7.72. The molecule has 0 aliphatic carbocycles. The second kappa shape index (κ2) is 7.46. The molecule has 2 aliphatic heterocycles. The Kier molecular flexibility index (Phi) is 5.58. The van der Waals surface area contributed by atoms with Crippen LogP contribution in [-0.2, 0) is 0 Å². The van der Waals surface area contributed by atoms with E-state index >= 15 is 0 Å². The molecule has 0 N–H and O–H groups in total. The van der Waals surface area contributed by atoms with Crippen LogP contribution in [0.25, 0.3) is 0 Å². The van der Waals surface area contributed by atoms with Gasteiger partial charge in [0.15, 0.2) is 11.9 Å². The third-order valence-electron chi connectivity index (χ3n) is 3.01. The maximum absolute atomic E-state index is 4.31. The summed E-state index contributed by atoms with van der Waals surface area (Å²) in [4.78, 5) is 16.8. The van der Waals surface area contributed by atoms with Crippen LogP contribution in [0.1, 0.15) is 45.4 Å². The van der Waals surface area contributed by atoms with Crippen molar-refractivity contribution in [1.29, 1.82) is 0 Å². The van der Waals surface area contributed by atoms with Crippen molar-refractivity contribution >= 4 is 35.3 Å². The highest BCUT2D eigenvalue weighted by Crippen LogP contribution is 2.19. The van der Waals surface area contributed by atoms with Crippen molar-refractivity contribution in [2.45, 2.75) is 51.5 Å². The number of fused-ring (bicyclic) bond motifs is 1. The number of unbranched alkanes of at least 4 members (excludes halogenated alkanes) is 5. The fraction of sp³-hybridized carbons (Fsp3) is 0.692. The summed E-state index contributed by atoms with van der Waals surface area (Å²) in [5.74, 6) is 1.91. The number of hydrogen-bond donors (Lipinski definition) is 0. The lowest BCUT2D eigenvalue weighted by Crippen LogP contribution is -2.25. The SMILES string of the molecule is CCCCCCCCSC1=NC=NC2=NC=NC21. The van der Waals surface area contributed by atoms with Crippen LogP contribution in [0.3, 0.4) is 0 Å². The summed E-state index contributed by atoms with van der Waals surface area (Å²) in [7, 11) is 0. The van der Waals surface area contributed by atoms with Gasteiger partial charge in [0.1, 0.15) is 17.7 Å². The van der Waals surface area contributed by atoms with Gasteiger partial charge in [-0.25, -0.2) is 15.0 Å². The van der Waals surface area contributed by atoms with Gasteiger partial charge in [0.2, 0.25) is 0 Å². The molecule has 0 bridgehead atoms. The molecule has 2 rings (SSSR count). The topological polar surface area (TPSA) is 49.4 Å². The summed E-state index contributed by atoms with van der Waals surface area (Å²) >= 11 is 1.80. The quantitative estimate of drug-likeness (QED) is 0.651. The second-order valence-electron chi connectivity index (χ2n) is 4.48. The van der Waals surface area contributed by atoms with Gasteiger partial charge in [-0.05, 0) is 12.2 Å². The Morgan fingerprint density at radius 3 is 2.78 bits per heavy atom. The van der Waals surface area contributed by atoms with Crippen LogP contribution in [0.5, 0.6) is 0 Å². The Morgan fingerprint density at radius 2 is 1.89 bits per heavy atom. The van der Waals surface area contributed by atoms with Gasteiger partial charge in [-0.15, -0.1) is 11.8 Å². The Bertz CT molecular complexity index is 384. The minimum Gasteiger partial charge on any atom is -0.255 e. The summed E-state index contributed by atoms with van der Waals surface area (Å²) in [6.07, 6.45) is 11.2. The molecule has 0 aromatic carbocycles. The molecule has 0 amide bonds. The van der Waals surface area contributed by atoms with Gasteiger partial charge in [0, 0.05) is 0 Å². The molecule has 2 aliphatic rings. The van der Waals surface area contributed by atoms with Gasteiger partial charge < -0.3 is 0 Å². The van der Waals surface area contributed by atoms with E-state index in [1.165, 1.54) is 38.5 Å². The highest BCUT2D eigenvalue weighted by molar-refractivity contribution is 8.14. The van der Waals surface area contributed by atoms with Crippen LogP contribution in [-0.4, -0.2) is 35.4 Å². The zero-order valence-electron chi connectivity index (χ0n) is 10.9. The molecule has 0 saturated heterocycles. The fourth-order valence-electron chi connectivity index (χ4n) is 1.97. The first kappa shape index (κ1) is 13.5. The smallest absolute Gasteiger partial charge is 0.163 e. The number of rotatable bonds is 7. The van der Waals surface area contributed by atoms with E-state index in [1.54, 1.807) is 24.4 Å². The van der Waals surface area contributed by atoms with Crippen molar-refractivity contribution in [3.8, 4) is 0 Å². The summed E-state index contributed by atoms with van der Waals surface area (Å²) < 4.78 is 0.